The van der Waals surface area contributed by atoms with Crippen molar-refractivity contribution in [1.29, 1.82) is 0 Å². The Balaban J connectivity index is 1.75. The van der Waals surface area contributed by atoms with Crippen LogP contribution in [0.3, 0.4) is 0 Å². The van der Waals surface area contributed by atoms with Gasteiger partial charge in [-0.15, -0.1) is 10.2 Å². The Bertz CT molecular complexity index is 675. The van der Waals surface area contributed by atoms with Gasteiger partial charge < -0.3 is 5.32 Å². The van der Waals surface area contributed by atoms with Gasteiger partial charge in [-0.3, -0.25) is 4.40 Å². The van der Waals surface area contributed by atoms with E-state index in [-0.39, 0.29) is 0 Å². The van der Waals surface area contributed by atoms with Crippen LogP contribution in [0.2, 0.25) is 0 Å². The molecular formula is C16H18N4. The molecule has 1 aromatic carbocycles. The molecule has 0 spiro atoms. The van der Waals surface area contributed by atoms with Crippen molar-refractivity contribution in [3.05, 3.63) is 66.1 Å². The minimum Gasteiger partial charge on any atom is -0.303 e. The maximum Gasteiger partial charge on any atom is 0.160 e. The van der Waals surface area contributed by atoms with Crippen molar-refractivity contribution in [3.8, 4) is 0 Å². The number of nitrogens with one attached hydrogen (secondary N) is 1. The molecule has 0 aliphatic rings. The fraction of sp³-hybridized carbons (Fsp3) is 0.250. The first-order chi connectivity index (χ1) is 9.88. The summed E-state index contributed by atoms with van der Waals surface area (Å²) in [5.74, 6) is 0.940. The van der Waals surface area contributed by atoms with Crippen LogP contribution in [-0.2, 0) is 6.54 Å². The van der Waals surface area contributed by atoms with Crippen LogP contribution < -0.4 is 5.32 Å². The van der Waals surface area contributed by atoms with Crippen molar-refractivity contribution in [2.75, 3.05) is 0 Å². The Kier molecular flexibility index (Phi) is 3.74. The summed E-state index contributed by atoms with van der Waals surface area (Å²) >= 11 is 0. The van der Waals surface area contributed by atoms with Crippen LogP contribution >= 0.6 is 0 Å². The molecule has 2 heterocycles. The maximum absolute atomic E-state index is 4.25. The van der Waals surface area contributed by atoms with Crippen LogP contribution in [0.1, 0.15) is 30.8 Å². The molecule has 2 aromatic heterocycles. The lowest BCUT2D eigenvalue weighted by Crippen LogP contribution is -2.21. The first-order valence-electron chi connectivity index (χ1n) is 6.95. The minimum absolute atomic E-state index is 0.340. The first kappa shape index (κ1) is 12.8. The molecule has 0 bridgehead atoms. The van der Waals surface area contributed by atoms with E-state index in [1.165, 1.54) is 5.56 Å². The summed E-state index contributed by atoms with van der Waals surface area (Å²) in [7, 11) is 0. The molecule has 0 saturated heterocycles. The molecule has 3 aromatic rings. The molecule has 4 heteroatoms. The highest BCUT2D eigenvalue weighted by atomic mass is 15.3. The van der Waals surface area contributed by atoms with Gasteiger partial charge in [-0.25, -0.2) is 0 Å². The van der Waals surface area contributed by atoms with E-state index in [0.29, 0.717) is 12.6 Å². The first-order valence-corrected chi connectivity index (χ1v) is 6.95. The Morgan fingerprint density at radius 1 is 1.05 bits per heavy atom. The highest BCUT2D eigenvalue weighted by Gasteiger charge is 2.10. The highest BCUT2D eigenvalue weighted by Crippen LogP contribution is 2.16. The zero-order chi connectivity index (χ0) is 13.8. The fourth-order valence-corrected chi connectivity index (χ4v) is 2.41. The predicted molar refractivity (Wildman–Crippen MR) is 79.3 cm³/mol. The average molecular weight is 266 g/mol. The standard InChI is InChI=1S/C16H18N4/c1-2-14(13-8-4-3-5-9-13)17-12-16-19-18-15-10-6-7-11-20(15)16/h3-11,14,17H,2,12H2,1H3. The van der Waals surface area contributed by atoms with Gasteiger partial charge in [0, 0.05) is 12.2 Å². The van der Waals surface area contributed by atoms with Gasteiger partial charge in [-0.05, 0) is 24.1 Å². The van der Waals surface area contributed by atoms with Crippen molar-refractivity contribution < 1.29 is 0 Å². The Hall–Kier alpha value is -2.20. The number of fused-ring (bicyclic) bond motifs is 1. The van der Waals surface area contributed by atoms with Crippen molar-refractivity contribution >= 4 is 5.65 Å². The molecule has 1 atom stereocenters. The lowest BCUT2D eigenvalue weighted by molar-refractivity contribution is 0.506. The second-order valence-electron chi connectivity index (χ2n) is 4.80. The van der Waals surface area contributed by atoms with E-state index in [1.807, 2.05) is 34.9 Å². The average Bonchev–Trinajstić information content (AvgIpc) is 2.92. The Labute approximate surface area is 118 Å². The van der Waals surface area contributed by atoms with Gasteiger partial charge in [0.25, 0.3) is 0 Å². The zero-order valence-electron chi connectivity index (χ0n) is 11.5. The molecule has 0 aliphatic heterocycles. The molecular weight excluding hydrogens is 248 g/mol. The highest BCUT2D eigenvalue weighted by molar-refractivity contribution is 5.37. The van der Waals surface area contributed by atoms with E-state index >= 15 is 0 Å². The summed E-state index contributed by atoms with van der Waals surface area (Å²) < 4.78 is 2.02. The van der Waals surface area contributed by atoms with Gasteiger partial charge >= 0.3 is 0 Å². The second-order valence-corrected chi connectivity index (χ2v) is 4.80. The molecule has 1 unspecified atom stereocenters. The van der Waals surface area contributed by atoms with Crippen molar-refractivity contribution in [3.63, 3.8) is 0 Å². The summed E-state index contributed by atoms with van der Waals surface area (Å²) in [6.07, 6.45) is 3.04. The molecule has 0 amide bonds. The molecule has 20 heavy (non-hydrogen) atoms. The second kappa shape index (κ2) is 5.84. The van der Waals surface area contributed by atoms with E-state index in [4.69, 9.17) is 0 Å². The Morgan fingerprint density at radius 3 is 2.65 bits per heavy atom. The molecule has 4 nitrogen and oxygen atoms in total. The topological polar surface area (TPSA) is 42.2 Å². The van der Waals surface area contributed by atoms with Crippen LogP contribution in [0.25, 0.3) is 5.65 Å². The summed E-state index contributed by atoms with van der Waals surface area (Å²) in [4.78, 5) is 0. The predicted octanol–water partition coefficient (Wildman–Crippen LogP) is 2.97. The number of hydrogen-bond acceptors (Lipinski definition) is 3. The van der Waals surface area contributed by atoms with Crippen molar-refractivity contribution in [1.82, 2.24) is 19.9 Å². The van der Waals surface area contributed by atoms with E-state index in [2.05, 4.69) is 46.7 Å². The SMILES string of the molecule is CCC(NCc1nnc2ccccn12)c1ccccc1. The number of rotatable bonds is 5. The number of aromatic nitrogens is 3. The van der Waals surface area contributed by atoms with Gasteiger partial charge in [0.15, 0.2) is 11.5 Å². The largest absolute Gasteiger partial charge is 0.303 e. The van der Waals surface area contributed by atoms with Crippen molar-refractivity contribution in [2.24, 2.45) is 0 Å². The smallest absolute Gasteiger partial charge is 0.160 e. The van der Waals surface area contributed by atoms with Crippen LogP contribution in [-0.4, -0.2) is 14.6 Å². The maximum atomic E-state index is 4.25. The third-order valence-corrected chi connectivity index (χ3v) is 3.50. The number of nitrogens with zero attached hydrogens (tertiary/aromatic N) is 3. The van der Waals surface area contributed by atoms with E-state index < -0.39 is 0 Å². The summed E-state index contributed by atoms with van der Waals surface area (Å²) in [5.41, 5.74) is 2.20. The molecule has 0 aliphatic carbocycles. The monoisotopic (exact) mass is 266 g/mol. The number of pyridine rings is 1. The lowest BCUT2D eigenvalue weighted by Gasteiger charge is -2.16. The normalized spacial score (nSPS) is 12.7. The Morgan fingerprint density at radius 2 is 1.85 bits per heavy atom. The zero-order valence-corrected chi connectivity index (χ0v) is 11.5. The molecule has 102 valence electrons. The van der Waals surface area contributed by atoms with Gasteiger partial charge in [0.1, 0.15) is 0 Å². The van der Waals surface area contributed by atoms with Crippen LogP contribution in [0, 0.1) is 0 Å². The molecule has 0 saturated carbocycles. The third kappa shape index (κ3) is 2.56. The van der Waals surface area contributed by atoms with Crippen LogP contribution in [0.5, 0.6) is 0 Å². The van der Waals surface area contributed by atoms with Gasteiger partial charge in [0.05, 0.1) is 6.54 Å². The summed E-state index contributed by atoms with van der Waals surface area (Å²) in [5, 5.41) is 12.0. The van der Waals surface area contributed by atoms with Gasteiger partial charge in [0.2, 0.25) is 0 Å². The molecule has 0 fully saturated rings. The summed E-state index contributed by atoms with van der Waals surface area (Å²) in [6.45, 7) is 2.89. The van der Waals surface area contributed by atoms with Gasteiger partial charge in [-0.1, -0.05) is 43.3 Å². The number of hydrogen-bond donors (Lipinski definition) is 1. The molecule has 1 N–H and O–H groups in total. The minimum atomic E-state index is 0.340. The quantitative estimate of drug-likeness (QED) is 0.772. The van der Waals surface area contributed by atoms with Crippen LogP contribution in [0.4, 0.5) is 0 Å². The molecule has 0 radical (unpaired) electrons. The fourth-order valence-electron chi connectivity index (χ4n) is 2.41. The number of benzene rings is 1. The van der Waals surface area contributed by atoms with Crippen LogP contribution in [0.15, 0.2) is 54.7 Å². The van der Waals surface area contributed by atoms with E-state index in [0.717, 1.165) is 17.9 Å². The summed E-state index contributed by atoms with van der Waals surface area (Å²) in [6, 6.07) is 16.8. The van der Waals surface area contributed by atoms with Crippen molar-refractivity contribution in [2.45, 2.75) is 25.9 Å². The third-order valence-electron chi connectivity index (χ3n) is 3.50. The van der Waals surface area contributed by atoms with E-state index in [9.17, 15) is 0 Å². The lowest BCUT2D eigenvalue weighted by atomic mass is 10.0. The molecule has 3 rings (SSSR count). The van der Waals surface area contributed by atoms with Gasteiger partial charge in [-0.2, -0.15) is 0 Å². The van der Waals surface area contributed by atoms with E-state index in [1.54, 1.807) is 0 Å².